The van der Waals surface area contributed by atoms with E-state index in [1.807, 2.05) is 39.0 Å². The number of rotatable bonds is 9. The highest BCUT2D eigenvalue weighted by Gasteiger charge is 2.13. The molecule has 2 N–H and O–H groups in total. The molecule has 0 aliphatic carbocycles. The average Bonchev–Trinajstić information content (AvgIpc) is 2.63. The first-order chi connectivity index (χ1) is 12.8. The van der Waals surface area contributed by atoms with Crippen molar-refractivity contribution >= 4 is 21.6 Å². The van der Waals surface area contributed by atoms with Crippen molar-refractivity contribution in [2.24, 2.45) is 0 Å². The summed E-state index contributed by atoms with van der Waals surface area (Å²) in [4.78, 5) is 12.3. The standard InChI is InChI=1S/C20H26N2O4S/c1-4-5-12-21-27(24,25)18-10-8-17(9-11-18)26-14-20(23)22-19-13-15(2)6-7-16(19)3/h6-11,13,21H,4-5,12,14H2,1-3H3,(H,22,23). The summed E-state index contributed by atoms with van der Waals surface area (Å²) in [6, 6.07) is 11.8. The van der Waals surface area contributed by atoms with Crippen molar-refractivity contribution in [2.75, 3.05) is 18.5 Å². The predicted molar refractivity (Wildman–Crippen MR) is 107 cm³/mol. The lowest BCUT2D eigenvalue weighted by Crippen LogP contribution is -2.24. The summed E-state index contributed by atoms with van der Waals surface area (Å²) in [5.74, 6) is 0.153. The summed E-state index contributed by atoms with van der Waals surface area (Å²) in [7, 11) is -3.51. The summed E-state index contributed by atoms with van der Waals surface area (Å²) in [6.07, 6.45) is 1.70. The van der Waals surface area contributed by atoms with E-state index in [0.29, 0.717) is 12.3 Å². The van der Waals surface area contributed by atoms with Gasteiger partial charge in [0.25, 0.3) is 5.91 Å². The normalized spacial score (nSPS) is 11.2. The first-order valence-electron chi connectivity index (χ1n) is 8.91. The van der Waals surface area contributed by atoms with Crippen molar-refractivity contribution in [3.63, 3.8) is 0 Å². The minimum absolute atomic E-state index is 0.159. The molecule has 2 rings (SSSR count). The molecule has 2 aromatic rings. The Bertz CT molecular complexity index is 877. The molecule has 7 heteroatoms. The lowest BCUT2D eigenvalue weighted by molar-refractivity contribution is -0.118. The van der Waals surface area contributed by atoms with Crippen molar-refractivity contribution in [1.29, 1.82) is 0 Å². The van der Waals surface area contributed by atoms with Gasteiger partial charge in [-0.05, 0) is 61.7 Å². The molecular formula is C20H26N2O4S. The number of carbonyl (C=O) groups excluding carboxylic acids is 1. The van der Waals surface area contributed by atoms with Gasteiger partial charge in [0.2, 0.25) is 10.0 Å². The van der Waals surface area contributed by atoms with Gasteiger partial charge in [0.15, 0.2) is 6.61 Å². The van der Waals surface area contributed by atoms with E-state index in [-0.39, 0.29) is 17.4 Å². The zero-order chi connectivity index (χ0) is 19.9. The van der Waals surface area contributed by atoms with Gasteiger partial charge in [-0.2, -0.15) is 0 Å². The van der Waals surface area contributed by atoms with Gasteiger partial charge in [0.05, 0.1) is 4.90 Å². The fourth-order valence-electron chi connectivity index (χ4n) is 2.39. The quantitative estimate of drug-likeness (QED) is 0.643. The molecule has 27 heavy (non-hydrogen) atoms. The van der Waals surface area contributed by atoms with Crippen LogP contribution in [-0.2, 0) is 14.8 Å². The molecule has 6 nitrogen and oxygen atoms in total. The second-order valence-corrected chi connectivity index (χ2v) is 8.14. The van der Waals surface area contributed by atoms with Gasteiger partial charge in [-0.25, -0.2) is 13.1 Å². The molecule has 1 amide bonds. The predicted octanol–water partition coefficient (Wildman–Crippen LogP) is 3.40. The lowest BCUT2D eigenvalue weighted by Gasteiger charge is -2.11. The number of hydrogen-bond acceptors (Lipinski definition) is 4. The van der Waals surface area contributed by atoms with Crippen molar-refractivity contribution < 1.29 is 17.9 Å². The number of sulfonamides is 1. The smallest absolute Gasteiger partial charge is 0.262 e. The van der Waals surface area contributed by atoms with Crippen molar-refractivity contribution in [2.45, 2.75) is 38.5 Å². The SMILES string of the molecule is CCCCNS(=O)(=O)c1ccc(OCC(=O)Nc2cc(C)ccc2C)cc1. The van der Waals surface area contributed by atoms with Crippen LogP contribution in [0, 0.1) is 13.8 Å². The summed E-state index contributed by atoms with van der Waals surface area (Å²) >= 11 is 0. The molecule has 0 atom stereocenters. The number of hydrogen-bond donors (Lipinski definition) is 2. The van der Waals surface area contributed by atoms with Gasteiger partial charge < -0.3 is 10.1 Å². The largest absolute Gasteiger partial charge is 0.484 e. The van der Waals surface area contributed by atoms with Gasteiger partial charge in [0, 0.05) is 12.2 Å². The number of unbranched alkanes of at least 4 members (excludes halogenated alkanes) is 1. The van der Waals surface area contributed by atoms with E-state index >= 15 is 0 Å². The van der Waals surface area contributed by atoms with Gasteiger partial charge in [-0.15, -0.1) is 0 Å². The third-order valence-corrected chi connectivity index (χ3v) is 5.47. The molecule has 0 saturated carbocycles. The van der Waals surface area contributed by atoms with Crippen LogP contribution in [-0.4, -0.2) is 27.5 Å². The molecule has 0 aromatic heterocycles. The Labute approximate surface area is 161 Å². The fourth-order valence-corrected chi connectivity index (χ4v) is 3.46. The van der Waals surface area contributed by atoms with Crippen LogP contribution in [0.5, 0.6) is 5.75 Å². The second-order valence-electron chi connectivity index (χ2n) is 6.38. The topological polar surface area (TPSA) is 84.5 Å². The summed E-state index contributed by atoms with van der Waals surface area (Å²) < 4.78 is 32.3. The zero-order valence-corrected chi connectivity index (χ0v) is 16.7. The third-order valence-electron chi connectivity index (χ3n) is 3.99. The first-order valence-corrected chi connectivity index (χ1v) is 10.4. The molecule has 0 heterocycles. The Hall–Kier alpha value is -2.38. The van der Waals surface area contributed by atoms with E-state index in [1.165, 1.54) is 12.1 Å². The summed E-state index contributed by atoms with van der Waals surface area (Å²) in [5, 5.41) is 2.82. The molecule has 2 aromatic carbocycles. The molecule has 0 bridgehead atoms. The van der Waals surface area contributed by atoms with E-state index in [1.54, 1.807) is 12.1 Å². The minimum atomic E-state index is -3.51. The van der Waals surface area contributed by atoms with E-state index in [9.17, 15) is 13.2 Å². The zero-order valence-electron chi connectivity index (χ0n) is 15.9. The summed E-state index contributed by atoms with van der Waals surface area (Å²) in [6.45, 7) is 6.13. The molecule has 0 aliphatic heterocycles. The molecular weight excluding hydrogens is 364 g/mol. The van der Waals surface area contributed by atoms with Crippen molar-refractivity contribution in [1.82, 2.24) is 4.72 Å². The Kier molecular flexibility index (Phi) is 7.38. The van der Waals surface area contributed by atoms with Crippen LogP contribution in [0.4, 0.5) is 5.69 Å². The maximum atomic E-state index is 12.1. The highest BCUT2D eigenvalue weighted by Crippen LogP contribution is 2.18. The molecule has 0 saturated heterocycles. The monoisotopic (exact) mass is 390 g/mol. The number of amides is 1. The first kappa shape index (κ1) is 20.9. The maximum Gasteiger partial charge on any atom is 0.262 e. The number of anilines is 1. The molecule has 146 valence electrons. The van der Waals surface area contributed by atoms with E-state index in [0.717, 1.165) is 29.7 Å². The number of ether oxygens (including phenoxy) is 1. The van der Waals surface area contributed by atoms with Crippen LogP contribution in [0.1, 0.15) is 30.9 Å². The van der Waals surface area contributed by atoms with Crippen molar-refractivity contribution in [3.05, 3.63) is 53.6 Å². The Balaban J connectivity index is 1.91. The van der Waals surface area contributed by atoms with Gasteiger partial charge in [-0.1, -0.05) is 25.5 Å². The summed E-state index contributed by atoms with van der Waals surface area (Å²) in [5.41, 5.74) is 2.78. The highest BCUT2D eigenvalue weighted by atomic mass is 32.2. The van der Waals surface area contributed by atoms with Crippen LogP contribution in [0.3, 0.4) is 0 Å². The average molecular weight is 391 g/mol. The van der Waals surface area contributed by atoms with Crippen LogP contribution in [0.25, 0.3) is 0 Å². The Morgan fingerprint density at radius 2 is 1.78 bits per heavy atom. The molecule has 0 fully saturated rings. The fraction of sp³-hybridized carbons (Fsp3) is 0.350. The van der Waals surface area contributed by atoms with Gasteiger partial charge in [0.1, 0.15) is 5.75 Å². The third kappa shape index (κ3) is 6.37. The van der Waals surface area contributed by atoms with Crippen molar-refractivity contribution in [3.8, 4) is 5.75 Å². The molecule has 0 unspecified atom stereocenters. The second kappa shape index (κ2) is 9.53. The number of aryl methyl sites for hydroxylation is 2. The van der Waals surface area contributed by atoms with E-state index < -0.39 is 10.0 Å². The Morgan fingerprint density at radius 1 is 1.07 bits per heavy atom. The van der Waals surface area contributed by atoms with E-state index in [2.05, 4.69) is 10.0 Å². The number of carbonyl (C=O) groups is 1. The van der Waals surface area contributed by atoms with Gasteiger partial charge >= 0.3 is 0 Å². The maximum absolute atomic E-state index is 12.1. The van der Waals surface area contributed by atoms with Crippen LogP contribution >= 0.6 is 0 Å². The van der Waals surface area contributed by atoms with Crippen LogP contribution in [0.15, 0.2) is 47.4 Å². The minimum Gasteiger partial charge on any atom is -0.484 e. The molecule has 0 radical (unpaired) electrons. The number of benzene rings is 2. The lowest BCUT2D eigenvalue weighted by atomic mass is 10.1. The van der Waals surface area contributed by atoms with E-state index in [4.69, 9.17) is 4.74 Å². The highest BCUT2D eigenvalue weighted by molar-refractivity contribution is 7.89. The number of nitrogens with one attached hydrogen (secondary N) is 2. The van der Waals surface area contributed by atoms with Gasteiger partial charge in [-0.3, -0.25) is 4.79 Å². The molecule has 0 spiro atoms. The molecule has 0 aliphatic rings. The van der Waals surface area contributed by atoms with Crippen LogP contribution in [0.2, 0.25) is 0 Å². The Morgan fingerprint density at radius 3 is 2.44 bits per heavy atom. The van der Waals surface area contributed by atoms with Crippen LogP contribution < -0.4 is 14.8 Å².